The number of aliphatic carboxylic acids is 1. The third-order valence-corrected chi connectivity index (χ3v) is 7.29. The Balaban J connectivity index is 1.50. The fraction of sp³-hybridized carbons (Fsp3) is 0.458. The lowest BCUT2D eigenvalue weighted by atomic mass is 9.86. The predicted molar refractivity (Wildman–Crippen MR) is 129 cm³/mol. The van der Waals surface area contributed by atoms with E-state index in [2.05, 4.69) is 14.7 Å². The number of aromatic nitrogens is 2. The summed E-state index contributed by atoms with van der Waals surface area (Å²) in [7, 11) is -3.68. The van der Waals surface area contributed by atoms with Crippen LogP contribution < -0.4 is 4.72 Å². The highest BCUT2D eigenvalue weighted by Gasteiger charge is 2.28. The monoisotopic (exact) mass is 489 g/mol. The summed E-state index contributed by atoms with van der Waals surface area (Å²) in [6, 6.07) is 6.12. The fourth-order valence-corrected chi connectivity index (χ4v) is 5.23. The molecule has 184 valence electrons. The zero-order valence-corrected chi connectivity index (χ0v) is 20.0. The summed E-state index contributed by atoms with van der Waals surface area (Å²) < 4.78 is 26.4. The maximum Gasteiger partial charge on any atom is 0.322 e. The summed E-state index contributed by atoms with van der Waals surface area (Å²) in [5.41, 5.74) is 1.01. The second-order valence-corrected chi connectivity index (χ2v) is 10.6. The van der Waals surface area contributed by atoms with Gasteiger partial charge in [-0.1, -0.05) is 43.7 Å². The van der Waals surface area contributed by atoms with Crippen molar-refractivity contribution in [3.8, 4) is 0 Å². The molecule has 10 heteroatoms. The lowest BCUT2D eigenvalue weighted by Gasteiger charge is -2.27. The van der Waals surface area contributed by atoms with Crippen molar-refractivity contribution in [1.82, 2.24) is 14.7 Å². The zero-order valence-electron chi connectivity index (χ0n) is 19.2. The van der Waals surface area contributed by atoms with Crippen LogP contribution in [0.2, 0.25) is 0 Å². The highest BCUT2D eigenvalue weighted by atomic mass is 32.2. The van der Waals surface area contributed by atoms with Gasteiger partial charge in [-0.15, -0.1) is 0 Å². The molecule has 9 nitrogen and oxygen atoms in total. The van der Waals surface area contributed by atoms with E-state index in [0.29, 0.717) is 37.1 Å². The van der Waals surface area contributed by atoms with E-state index < -0.39 is 27.6 Å². The number of para-hydroxylation sites is 2. The number of rotatable bonds is 13. The Morgan fingerprint density at radius 3 is 2.68 bits per heavy atom. The lowest BCUT2D eigenvalue weighted by Crippen LogP contribution is -2.42. The number of Topliss-reactive ketones (excluding diaryl/α,β-unsaturated/α-hetero) is 1. The van der Waals surface area contributed by atoms with Crippen LogP contribution in [0.5, 0.6) is 0 Å². The molecule has 1 unspecified atom stereocenters. The number of aliphatic hydroxyl groups is 1. The first-order chi connectivity index (χ1) is 16.1. The molecule has 0 spiro atoms. The van der Waals surface area contributed by atoms with Gasteiger partial charge in [-0.2, -0.15) is 0 Å². The third-order valence-electron chi connectivity index (χ3n) is 5.82. The van der Waals surface area contributed by atoms with Crippen LogP contribution >= 0.6 is 0 Å². The summed E-state index contributed by atoms with van der Waals surface area (Å²) >= 11 is 0. The first-order valence-corrected chi connectivity index (χ1v) is 13.1. The number of nitrogens with zero attached hydrogens (tertiary/aromatic N) is 1. The number of imidazole rings is 1. The van der Waals surface area contributed by atoms with Gasteiger partial charge in [0.25, 0.3) is 0 Å². The standard InChI is InChI=1S/C24H31N3O6S/c1-2-3-15-34(32,33)27-20(23(29)30)16-17-10-13-24(31,14-11-17)12-6-9-21(28)22-25-18-7-4-5-8-19(18)26-22/h4-5,7-8,10-11,13,20,27,31H,2-3,6,9,12,14-16H2,1H3,(H,25,26)(H,29,30)/t20-,24?/m0/s1. The van der Waals surface area contributed by atoms with Crippen LogP contribution in [-0.4, -0.2) is 57.7 Å². The molecule has 0 amide bonds. The maximum atomic E-state index is 12.5. The second kappa shape index (κ2) is 11.1. The largest absolute Gasteiger partial charge is 0.480 e. The molecule has 0 bridgehead atoms. The molecular formula is C24H31N3O6S. The third kappa shape index (κ3) is 7.09. The molecule has 0 saturated heterocycles. The van der Waals surface area contributed by atoms with Crippen LogP contribution in [0.15, 0.2) is 48.1 Å². The van der Waals surface area contributed by atoms with Gasteiger partial charge < -0.3 is 15.2 Å². The van der Waals surface area contributed by atoms with Crippen LogP contribution in [0.4, 0.5) is 0 Å². The van der Waals surface area contributed by atoms with E-state index >= 15 is 0 Å². The number of sulfonamides is 1. The van der Waals surface area contributed by atoms with Gasteiger partial charge in [-0.3, -0.25) is 9.59 Å². The first-order valence-electron chi connectivity index (χ1n) is 11.4. The van der Waals surface area contributed by atoms with Gasteiger partial charge in [0, 0.05) is 6.42 Å². The number of fused-ring (bicyclic) bond motifs is 1. The summed E-state index contributed by atoms with van der Waals surface area (Å²) in [5.74, 6) is -1.19. The van der Waals surface area contributed by atoms with Crippen molar-refractivity contribution >= 4 is 32.8 Å². The van der Waals surface area contributed by atoms with Crippen LogP contribution in [0.25, 0.3) is 11.0 Å². The summed E-state index contributed by atoms with van der Waals surface area (Å²) in [6.07, 6.45) is 7.36. The number of carboxylic acids is 1. The van der Waals surface area contributed by atoms with Crippen LogP contribution in [0.1, 0.15) is 62.5 Å². The van der Waals surface area contributed by atoms with Crippen molar-refractivity contribution < 1.29 is 28.2 Å². The molecule has 1 aliphatic carbocycles. The van der Waals surface area contributed by atoms with Crippen molar-refractivity contribution in [2.24, 2.45) is 0 Å². The molecule has 4 N–H and O–H groups in total. The smallest absolute Gasteiger partial charge is 0.322 e. The molecule has 3 rings (SSSR count). The number of H-pyrrole nitrogens is 1. The van der Waals surface area contributed by atoms with Crippen molar-refractivity contribution in [2.45, 2.75) is 63.5 Å². The van der Waals surface area contributed by atoms with Gasteiger partial charge in [-0.05, 0) is 49.8 Å². The molecule has 0 radical (unpaired) electrons. The summed E-state index contributed by atoms with van der Waals surface area (Å²) in [4.78, 5) is 31.3. The number of carbonyl (C=O) groups excluding carboxylic acids is 1. The Labute approximate surface area is 199 Å². The Hall–Kier alpha value is -2.82. The number of nitrogens with one attached hydrogen (secondary N) is 2. The highest BCUT2D eigenvalue weighted by Crippen LogP contribution is 2.28. The van der Waals surface area contributed by atoms with E-state index in [1.54, 1.807) is 18.2 Å². The van der Waals surface area contributed by atoms with E-state index in [0.717, 1.165) is 11.0 Å². The van der Waals surface area contributed by atoms with E-state index in [4.69, 9.17) is 0 Å². The number of carbonyl (C=O) groups is 2. The normalized spacial score (nSPS) is 19.2. The first kappa shape index (κ1) is 25.8. The molecule has 1 aromatic heterocycles. The second-order valence-electron chi connectivity index (χ2n) is 8.68. The highest BCUT2D eigenvalue weighted by molar-refractivity contribution is 7.89. The molecule has 2 atom stereocenters. The minimum absolute atomic E-state index is 0.0161. The van der Waals surface area contributed by atoms with Crippen molar-refractivity contribution in [1.29, 1.82) is 0 Å². The average Bonchev–Trinajstić information content (AvgIpc) is 3.23. The van der Waals surface area contributed by atoms with Crippen molar-refractivity contribution in [2.75, 3.05) is 5.75 Å². The Morgan fingerprint density at radius 2 is 2.03 bits per heavy atom. The Kier molecular flexibility index (Phi) is 8.40. The van der Waals surface area contributed by atoms with Gasteiger partial charge in [0.05, 0.1) is 22.4 Å². The van der Waals surface area contributed by atoms with Gasteiger partial charge in [0.2, 0.25) is 10.0 Å². The topological polar surface area (TPSA) is 149 Å². The zero-order chi connectivity index (χ0) is 24.8. The van der Waals surface area contributed by atoms with E-state index in [-0.39, 0.29) is 30.8 Å². The molecule has 0 saturated carbocycles. The molecule has 2 aromatic rings. The van der Waals surface area contributed by atoms with Crippen LogP contribution in [0, 0.1) is 0 Å². The number of aromatic amines is 1. The molecule has 1 aromatic carbocycles. The molecule has 0 aliphatic heterocycles. The van der Waals surface area contributed by atoms with Gasteiger partial charge in [0.1, 0.15) is 6.04 Å². The van der Waals surface area contributed by atoms with Crippen molar-refractivity contribution in [3.05, 3.63) is 53.9 Å². The predicted octanol–water partition coefficient (Wildman–Crippen LogP) is 3.10. The van der Waals surface area contributed by atoms with Crippen LogP contribution in [-0.2, 0) is 14.8 Å². The van der Waals surface area contributed by atoms with E-state index in [1.807, 2.05) is 31.2 Å². The molecule has 0 fully saturated rings. The molecular weight excluding hydrogens is 458 g/mol. The fourth-order valence-electron chi connectivity index (χ4n) is 3.83. The molecule has 1 aliphatic rings. The number of unbranched alkanes of at least 4 members (excludes halogenated alkanes) is 1. The average molecular weight is 490 g/mol. The number of hydrogen-bond donors (Lipinski definition) is 4. The van der Waals surface area contributed by atoms with E-state index in [1.165, 1.54) is 0 Å². The van der Waals surface area contributed by atoms with Crippen molar-refractivity contribution in [3.63, 3.8) is 0 Å². The van der Waals surface area contributed by atoms with Gasteiger partial charge in [-0.25, -0.2) is 18.1 Å². The summed E-state index contributed by atoms with van der Waals surface area (Å²) in [6.45, 7) is 1.86. The quantitative estimate of drug-likeness (QED) is 0.316. The van der Waals surface area contributed by atoms with Gasteiger partial charge in [0.15, 0.2) is 11.6 Å². The van der Waals surface area contributed by atoms with E-state index in [9.17, 15) is 28.2 Å². The minimum atomic E-state index is -3.68. The molecule has 34 heavy (non-hydrogen) atoms. The number of allylic oxidation sites excluding steroid dienone is 1. The minimum Gasteiger partial charge on any atom is -0.480 e. The van der Waals surface area contributed by atoms with Crippen LogP contribution in [0.3, 0.4) is 0 Å². The SMILES string of the molecule is CCCCS(=O)(=O)N[C@@H](CC1=CCC(O)(CCCC(=O)c2nc3ccccc3[nH]2)C=C1)C(=O)O. The summed E-state index contributed by atoms with van der Waals surface area (Å²) in [5, 5.41) is 20.3. The lowest BCUT2D eigenvalue weighted by molar-refractivity contribution is -0.138. The number of ketones is 1. The van der Waals surface area contributed by atoms with Gasteiger partial charge >= 0.3 is 5.97 Å². The number of hydrogen-bond acceptors (Lipinski definition) is 6. The Morgan fingerprint density at radius 1 is 1.26 bits per heavy atom. The number of carboxylic acid groups (broad SMARTS) is 1. The molecule has 1 heterocycles. The number of benzene rings is 1. The Bertz CT molecular complexity index is 1170. The maximum absolute atomic E-state index is 12.5.